The minimum Gasteiger partial charge on any atom is -0.495 e. The van der Waals surface area contributed by atoms with Gasteiger partial charge in [-0.15, -0.1) is 0 Å². The molecule has 6 heteroatoms. The number of anilines is 1. The maximum absolute atomic E-state index is 12.4. The quantitative estimate of drug-likeness (QED) is 0.694. The molecule has 1 aromatic heterocycles. The molecule has 0 bridgehead atoms. The van der Waals surface area contributed by atoms with Crippen molar-refractivity contribution in [2.75, 3.05) is 12.4 Å². The van der Waals surface area contributed by atoms with E-state index in [1.165, 1.54) is 0 Å². The van der Waals surface area contributed by atoms with Crippen LogP contribution in [0.15, 0.2) is 41.2 Å². The predicted octanol–water partition coefficient (Wildman–Crippen LogP) is 2.43. The zero-order valence-corrected chi connectivity index (χ0v) is 12.2. The van der Waals surface area contributed by atoms with E-state index in [0.29, 0.717) is 28.0 Å². The molecule has 6 nitrogen and oxygen atoms in total. The number of carbonyl (C=O) groups is 1. The summed E-state index contributed by atoms with van der Waals surface area (Å²) in [5.74, 6) is 0.322. The molecule has 3 aromatic rings. The van der Waals surface area contributed by atoms with Gasteiger partial charge < -0.3 is 20.0 Å². The third kappa shape index (κ3) is 2.58. The molecular weight excluding hydrogens is 282 g/mol. The lowest BCUT2D eigenvalue weighted by atomic mass is 10.1. The molecule has 22 heavy (non-hydrogen) atoms. The van der Waals surface area contributed by atoms with Crippen molar-refractivity contribution in [3.63, 3.8) is 0 Å². The lowest BCUT2D eigenvalue weighted by Gasteiger charge is -2.11. The molecule has 0 aliphatic heterocycles. The molecular formula is C16H15N3O3. The highest BCUT2D eigenvalue weighted by Crippen LogP contribution is 2.26. The summed E-state index contributed by atoms with van der Waals surface area (Å²) < 4.78 is 5.24. The first-order chi connectivity index (χ1) is 10.6. The summed E-state index contributed by atoms with van der Waals surface area (Å²) in [4.78, 5) is 28.9. The number of nitrogens with one attached hydrogen (secondary N) is 3. The van der Waals surface area contributed by atoms with E-state index in [-0.39, 0.29) is 11.6 Å². The van der Waals surface area contributed by atoms with Gasteiger partial charge >= 0.3 is 5.69 Å². The van der Waals surface area contributed by atoms with Crippen LogP contribution in [0.1, 0.15) is 15.9 Å². The van der Waals surface area contributed by atoms with Crippen LogP contribution in [0.25, 0.3) is 11.0 Å². The highest BCUT2D eigenvalue weighted by Gasteiger charge is 2.11. The highest BCUT2D eigenvalue weighted by molar-refractivity contribution is 6.06. The summed E-state index contributed by atoms with van der Waals surface area (Å²) in [5, 5.41) is 2.82. The van der Waals surface area contributed by atoms with Gasteiger partial charge in [0.25, 0.3) is 5.91 Å². The number of aromatic amines is 2. The second-order valence-corrected chi connectivity index (χ2v) is 5.00. The number of H-pyrrole nitrogens is 2. The van der Waals surface area contributed by atoms with E-state index in [2.05, 4.69) is 15.3 Å². The van der Waals surface area contributed by atoms with Crippen LogP contribution in [-0.2, 0) is 0 Å². The van der Waals surface area contributed by atoms with E-state index >= 15 is 0 Å². The van der Waals surface area contributed by atoms with Gasteiger partial charge in [0.15, 0.2) is 0 Å². The predicted molar refractivity (Wildman–Crippen MR) is 84.6 cm³/mol. The molecule has 0 saturated heterocycles. The molecule has 0 fully saturated rings. The summed E-state index contributed by atoms with van der Waals surface area (Å²) >= 11 is 0. The summed E-state index contributed by atoms with van der Waals surface area (Å²) in [5.41, 5.74) is 3.03. The third-order valence-corrected chi connectivity index (χ3v) is 3.38. The molecule has 0 radical (unpaired) electrons. The van der Waals surface area contributed by atoms with Gasteiger partial charge in [0.1, 0.15) is 5.75 Å². The molecule has 1 amide bonds. The molecule has 1 heterocycles. The molecule has 2 aromatic carbocycles. The third-order valence-electron chi connectivity index (χ3n) is 3.38. The number of amides is 1. The largest absolute Gasteiger partial charge is 0.495 e. The summed E-state index contributed by atoms with van der Waals surface area (Å²) in [6.07, 6.45) is 0. The molecule has 3 rings (SSSR count). The van der Waals surface area contributed by atoms with Gasteiger partial charge in [-0.2, -0.15) is 0 Å². The fourth-order valence-corrected chi connectivity index (χ4v) is 2.29. The van der Waals surface area contributed by atoms with Crippen LogP contribution in [-0.4, -0.2) is 23.0 Å². The number of methoxy groups -OCH3 is 1. The average molecular weight is 297 g/mol. The minimum absolute atomic E-state index is 0.271. The Hall–Kier alpha value is -3.02. The minimum atomic E-state index is -0.298. The maximum Gasteiger partial charge on any atom is 0.323 e. The number of fused-ring (bicyclic) bond motifs is 1. The Kier molecular flexibility index (Phi) is 3.42. The van der Waals surface area contributed by atoms with Crippen molar-refractivity contribution >= 4 is 22.6 Å². The smallest absolute Gasteiger partial charge is 0.323 e. The fourth-order valence-electron chi connectivity index (χ4n) is 2.29. The van der Waals surface area contributed by atoms with Crippen LogP contribution in [0.4, 0.5) is 5.69 Å². The van der Waals surface area contributed by atoms with Crippen LogP contribution in [0, 0.1) is 6.92 Å². The van der Waals surface area contributed by atoms with Crippen molar-refractivity contribution in [1.82, 2.24) is 9.97 Å². The van der Waals surface area contributed by atoms with Crippen LogP contribution in [0.5, 0.6) is 5.75 Å². The number of aromatic nitrogens is 2. The molecule has 0 spiro atoms. The summed E-state index contributed by atoms with van der Waals surface area (Å²) in [6, 6.07) is 10.5. The monoisotopic (exact) mass is 297 g/mol. The SMILES string of the molecule is COc1ccc(C)cc1NC(=O)c1ccc2[nH]c(=O)[nH]c2c1. The number of aryl methyl sites for hydroxylation is 1. The van der Waals surface area contributed by atoms with Gasteiger partial charge in [-0.3, -0.25) is 4.79 Å². The normalized spacial score (nSPS) is 10.6. The van der Waals surface area contributed by atoms with Crippen LogP contribution in [0.3, 0.4) is 0 Å². The molecule has 0 atom stereocenters. The van der Waals surface area contributed by atoms with Gasteiger partial charge in [-0.25, -0.2) is 4.79 Å². The maximum atomic E-state index is 12.4. The van der Waals surface area contributed by atoms with E-state index < -0.39 is 0 Å². The van der Waals surface area contributed by atoms with Crippen molar-refractivity contribution in [1.29, 1.82) is 0 Å². The van der Waals surface area contributed by atoms with Crippen LogP contribution in [0.2, 0.25) is 0 Å². The summed E-state index contributed by atoms with van der Waals surface area (Å²) in [7, 11) is 1.55. The molecule has 0 saturated carbocycles. The summed E-state index contributed by atoms with van der Waals surface area (Å²) in [6.45, 7) is 1.94. The number of imidazole rings is 1. The lowest BCUT2D eigenvalue weighted by Crippen LogP contribution is -2.12. The highest BCUT2D eigenvalue weighted by atomic mass is 16.5. The standard InChI is InChI=1S/C16H15N3O3/c1-9-3-6-14(22-2)13(7-9)17-15(20)10-4-5-11-12(8-10)19-16(21)18-11/h3-8H,1-2H3,(H,17,20)(H2,18,19,21). The molecule has 0 aliphatic carbocycles. The fraction of sp³-hybridized carbons (Fsp3) is 0.125. The Bertz CT molecular complexity index is 908. The molecule has 0 unspecified atom stereocenters. The van der Waals surface area contributed by atoms with Crippen LogP contribution < -0.4 is 15.7 Å². The van der Waals surface area contributed by atoms with Crippen molar-refractivity contribution in [2.24, 2.45) is 0 Å². The second-order valence-electron chi connectivity index (χ2n) is 5.00. The first-order valence-corrected chi connectivity index (χ1v) is 6.75. The van der Waals surface area contributed by atoms with Gasteiger partial charge in [-0.1, -0.05) is 6.07 Å². The Labute approximate surface area is 126 Å². The van der Waals surface area contributed by atoms with Gasteiger partial charge in [0.2, 0.25) is 0 Å². The zero-order valence-electron chi connectivity index (χ0n) is 12.2. The number of benzene rings is 2. The molecule has 112 valence electrons. The number of hydrogen-bond acceptors (Lipinski definition) is 3. The van der Waals surface area contributed by atoms with Crippen molar-refractivity contribution < 1.29 is 9.53 Å². The van der Waals surface area contributed by atoms with Gasteiger partial charge in [-0.05, 0) is 42.8 Å². The van der Waals surface area contributed by atoms with Gasteiger partial charge in [0, 0.05) is 5.56 Å². The first-order valence-electron chi connectivity index (χ1n) is 6.75. The molecule has 0 aliphatic rings. The number of hydrogen-bond donors (Lipinski definition) is 3. The molecule has 3 N–H and O–H groups in total. The van der Waals surface area contributed by atoms with Crippen molar-refractivity contribution in [2.45, 2.75) is 6.92 Å². The van der Waals surface area contributed by atoms with Gasteiger partial charge in [0.05, 0.1) is 23.8 Å². The van der Waals surface area contributed by atoms with Crippen molar-refractivity contribution in [3.8, 4) is 5.75 Å². The van der Waals surface area contributed by atoms with E-state index in [0.717, 1.165) is 5.56 Å². The number of ether oxygens (including phenoxy) is 1. The van der Waals surface area contributed by atoms with E-state index in [4.69, 9.17) is 4.74 Å². The van der Waals surface area contributed by atoms with E-state index in [1.807, 2.05) is 19.1 Å². The number of rotatable bonds is 3. The van der Waals surface area contributed by atoms with E-state index in [9.17, 15) is 9.59 Å². The first kappa shape index (κ1) is 13.9. The second kappa shape index (κ2) is 5.40. The van der Waals surface area contributed by atoms with Crippen LogP contribution >= 0.6 is 0 Å². The Balaban J connectivity index is 1.92. The number of carbonyl (C=O) groups excluding carboxylic acids is 1. The van der Waals surface area contributed by atoms with Crippen molar-refractivity contribution in [3.05, 3.63) is 58.0 Å². The average Bonchev–Trinajstić information content (AvgIpc) is 2.86. The topological polar surface area (TPSA) is 87.0 Å². The Morgan fingerprint density at radius 2 is 1.86 bits per heavy atom. The lowest BCUT2D eigenvalue weighted by molar-refractivity contribution is 0.102. The zero-order chi connectivity index (χ0) is 15.7. The Morgan fingerprint density at radius 1 is 1.09 bits per heavy atom. The Morgan fingerprint density at radius 3 is 2.64 bits per heavy atom. The van der Waals surface area contributed by atoms with E-state index in [1.54, 1.807) is 31.4 Å².